The minimum atomic E-state index is -0.286. The van der Waals surface area contributed by atoms with Crippen molar-refractivity contribution >= 4 is 28.3 Å². The van der Waals surface area contributed by atoms with E-state index in [-0.39, 0.29) is 12.3 Å². The SMILES string of the molecule is COc1ccc(N(C)c2nc(C)nc3ccccc23)cc1CC(=O)NN. The van der Waals surface area contributed by atoms with Crippen molar-refractivity contribution in [2.24, 2.45) is 5.84 Å². The number of anilines is 2. The summed E-state index contributed by atoms with van der Waals surface area (Å²) in [6.45, 7) is 1.87. The van der Waals surface area contributed by atoms with E-state index in [2.05, 4.69) is 15.4 Å². The molecule has 2 aromatic carbocycles. The normalized spacial score (nSPS) is 10.6. The smallest absolute Gasteiger partial charge is 0.238 e. The standard InChI is InChI=1S/C19H21N5O2/c1-12-21-16-7-5-4-6-15(16)19(22-12)24(2)14-8-9-17(26-3)13(10-14)11-18(25)23-20/h4-10H,11,20H2,1-3H3,(H,23,25). The van der Waals surface area contributed by atoms with Crippen LogP contribution in [-0.2, 0) is 11.2 Å². The first-order valence-electron chi connectivity index (χ1n) is 8.17. The molecular formula is C19H21N5O2. The largest absolute Gasteiger partial charge is 0.496 e. The molecule has 0 bridgehead atoms. The van der Waals surface area contributed by atoms with Crippen molar-refractivity contribution in [1.29, 1.82) is 0 Å². The molecule has 3 aromatic rings. The van der Waals surface area contributed by atoms with Crippen molar-refractivity contribution < 1.29 is 9.53 Å². The van der Waals surface area contributed by atoms with Gasteiger partial charge in [0.2, 0.25) is 5.91 Å². The number of amides is 1. The van der Waals surface area contributed by atoms with E-state index in [0.29, 0.717) is 11.6 Å². The fourth-order valence-corrected chi connectivity index (χ4v) is 2.89. The minimum Gasteiger partial charge on any atom is -0.496 e. The molecule has 0 spiro atoms. The van der Waals surface area contributed by atoms with Crippen LogP contribution in [0.3, 0.4) is 0 Å². The summed E-state index contributed by atoms with van der Waals surface area (Å²) in [6.07, 6.45) is 0.130. The summed E-state index contributed by atoms with van der Waals surface area (Å²) in [5.74, 6) is 7.05. The van der Waals surface area contributed by atoms with Gasteiger partial charge in [-0.25, -0.2) is 15.8 Å². The van der Waals surface area contributed by atoms with Gasteiger partial charge in [0.05, 0.1) is 19.0 Å². The highest BCUT2D eigenvalue weighted by molar-refractivity contribution is 5.91. The average molecular weight is 351 g/mol. The lowest BCUT2D eigenvalue weighted by Gasteiger charge is -2.22. The van der Waals surface area contributed by atoms with Crippen LogP contribution >= 0.6 is 0 Å². The highest BCUT2D eigenvalue weighted by Gasteiger charge is 2.15. The van der Waals surface area contributed by atoms with Gasteiger partial charge >= 0.3 is 0 Å². The van der Waals surface area contributed by atoms with Crippen molar-refractivity contribution in [2.75, 3.05) is 19.1 Å². The number of hydrazine groups is 1. The number of hydrogen-bond donors (Lipinski definition) is 2. The number of fused-ring (bicyclic) bond motifs is 1. The molecule has 0 atom stereocenters. The summed E-state index contributed by atoms with van der Waals surface area (Å²) in [5, 5.41) is 0.956. The quantitative estimate of drug-likeness (QED) is 0.416. The number of rotatable bonds is 5. The number of aryl methyl sites for hydroxylation is 1. The number of hydrogen-bond acceptors (Lipinski definition) is 6. The molecule has 1 aromatic heterocycles. The van der Waals surface area contributed by atoms with E-state index in [4.69, 9.17) is 10.6 Å². The van der Waals surface area contributed by atoms with Crippen LogP contribution in [0.4, 0.5) is 11.5 Å². The third-order valence-electron chi connectivity index (χ3n) is 4.18. The minimum absolute atomic E-state index is 0.130. The van der Waals surface area contributed by atoms with Crippen LogP contribution < -0.4 is 20.9 Å². The second kappa shape index (κ2) is 7.37. The maximum Gasteiger partial charge on any atom is 0.238 e. The first-order valence-corrected chi connectivity index (χ1v) is 8.17. The Hall–Kier alpha value is -3.19. The number of carbonyl (C=O) groups is 1. The summed E-state index contributed by atoms with van der Waals surface area (Å²) >= 11 is 0. The van der Waals surface area contributed by atoms with E-state index in [0.717, 1.165) is 28.0 Å². The highest BCUT2D eigenvalue weighted by Crippen LogP contribution is 2.31. The summed E-state index contributed by atoms with van der Waals surface area (Å²) in [7, 11) is 3.51. The van der Waals surface area contributed by atoms with Gasteiger partial charge in [-0.2, -0.15) is 0 Å². The van der Waals surface area contributed by atoms with E-state index in [1.807, 2.05) is 61.3 Å². The molecule has 134 valence electrons. The Morgan fingerprint density at radius 1 is 1.23 bits per heavy atom. The van der Waals surface area contributed by atoms with Crippen LogP contribution in [0.15, 0.2) is 42.5 Å². The molecule has 0 unspecified atom stereocenters. The molecule has 1 heterocycles. The second-order valence-corrected chi connectivity index (χ2v) is 5.91. The number of nitrogens with one attached hydrogen (secondary N) is 1. The van der Waals surface area contributed by atoms with Gasteiger partial charge in [-0.3, -0.25) is 10.2 Å². The van der Waals surface area contributed by atoms with E-state index in [1.54, 1.807) is 7.11 Å². The maximum absolute atomic E-state index is 11.7. The Kier molecular flexibility index (Phi) is 4.99. The summed E-state index contributed by atoms with van der Waals surface area (Å²) in [4.78, 5) is 22.8. The monoisotopic (exact) mass is 351 g/mol. The van der Waals surface area contributed by atoms with E-state index in [9.17, 15) is 4.79 Å². The van der Waals surface area contributed by atoms with Crippen molar-refractivity contribution in [3.63, 3.8) is 0 Å². The summed E-state index contributed by atoms with van der Waals surface area (Å²) < 4.78 is 5.36. The molecule has 0 saturated carbocycles. The Morgan fingerprint density at radius 2 is 2.00 bits per heavy atom. The van der Waals surface area contributed by atoms with Gasteiger partial charge < -0.3 is 9.64 Å². The first-order chi connectivity index (χ1) is 12.5. The summed E-state index contributed by atoms with van der Waals surface area (Å²) in [6, 6.07) is 13.5. The van der Waals surface area contributed by atoms with Gasteiger partial charge in [0.25, 0.3) is 0 Å². The van der Waals surface area contributed by atoms with Gasteiger partial charge in [-0.15, -0.1) is 0 Å². The van der Waals surface area contributed by atoms with Crippen molar-refractivity contribution in [3.05, 3.63) is 53.9 Å². The lowest BCUT2D eigenvalue weighted by Crippen LogP contribution is -2.31. The number of nitrogens with zero attached hydrogens (tertiary/aromatic N) is 3. The first kappa shape index (κ1) is 17.6. The third kappa shape index (κ3) is 3.43. The van der Waals surface area contributed by atoms with Gasteiger partial charge in [0.15, 0.2) is 0 Å². The molecule has 0 radical (unpaired) electrons. The maximum atomic E-state index is 11.7. The third-order valence-corrected chi connectivity index (χ3v) is 4.18. The van der Waals surface area contributed by atoms with Gasteiger partial charge in [0, 0.05) is 23.7 Å². The topological polar surface area (TPSA) is 93.4 Å². The van der Waals surface area contributed by atoms with Gasteiger partial charge in [-0.1, -0.05) is 12.1 Å². The second-order valence-electron chi connectivity index (χ2n) is 5.91. The van der Waals surface area contributed by atoms with Crippen LogP contribution in [0.25, 0.3) is 10.9 Å². The number of benzene rings is 2. The number of methoxy groups -OCH3 is 1. The van der Waals surface area contributed by atoms with Crippen molar-refractivity contribution in [2.45, 2.75) is 13.3 Å². The molecule has 0 aliphatic heterocycles. The fraction of sp³-hybridized carbons (Fsp3) is 0.211. The van der Waals surface area contributed by atoms with Crippen molar-refractivity contribution in [1.82, 2.24) is 15.4 Å². The lowest BCUT2D eigenvalue weighted by atomic mass is 10.1. The van der Waals surface area contributed by atoms with Crippen LogP contribution in [0.5, 0.6) is 5.75 Å². The highest BCUT2D eigenvalue weighted by atomic mass is 16.5. The number of ether oxygens (including phenoxy) is 1. The van der Waals surface area contributed by atoms with E-state index < -0.39 is 0 Å². The predicted octanol–water partition coefficient (Wildman–Crippen LogP) is 2.25. The molecule has 1 amide bonds. The molecule has 3 N–H and O–H groups in total. The van der Waals surface area contributed by atoms with E-state index in [1.165, 1.54) is 0 Å². The zero-order valence-electron chi connectivity index (χ0n) is 15.0. The molecule has 0 aliphatic rings. The lowest BCUT2D eigenvalue weighted by molar-refractivity contribution is -0.120. The molecule has 26 heavy (non-hydrogen) atoms. The number of para-hydroxylation sites is 1. The Labute approximate surface area is 151 Å². The number of carbonyl (C=O) groups excluding carboxylic acids is 1. The molecule has 7 heteroatoms. The van der Waals surface area contributed by atoms with Crippen molar-refractivity contribution in [3.8, 4) is 5.75 Å². The van der Waals surface area contributed by atoms with Crippen LogP contribution in [-0.4, -0.2) is 30.0 Å². The van der Waals surface area contributed by atoms with Gasteiger partial charge in [-0.05, 0) is 37.3 Å². The summed E-state index contributed by atoms with van der Waals surface area (Å²) in [5.41, 5.74) is 4.66. The zero-order valence-corrected chi connectivity index (χ0v) is 15.0. The Balaban J connectivity index is 2.07. The molecule has 3 rings (SSSR count). The van der Waals surface area contributed by atoms with Crippen LogP contribution in [0, 0.1) is 6.92 Å². The van der Waals surface area contributed by atoms with Crippen LogP contribution in [0.2, 0.25) is 0 Å². The van der Waals surface area contributed by atoms with Gasteiger partial charge in [0.1, 0.15) is 17.4 Å². The molecule has 0 fully saturated rings. The molecule has 7 nitrogen and oxygen atoms in total. The average Bonchev–Trinajstić information content (AvgIpc) is 2.66. The van der Waals surface area contributed by atoms with E-state index >= 15 is 0 Å². The number of nitrogens with two attached hydrogens (primary N) is 1. The predicted molar refractivity (Wildman–Crippen MR) is 101 cm³/mol. The fourth-order valence-electron chi connectivity index (χ4n) is 2.89. The Morgan fingerprint density at radius 3 is 2.73 bits per heavy atom. The number of aromatic nitrogens is 2. The van der Waals surface area contributed by atoms with Crippen LogP contribution in [0.1, 0.15) is 11.4 Å². The zero-order chi connectivity index (χ0) is 18.7. The molecule has 0 aliphatic carbocycles. The molecule has 0 saturated heterocycles. The molecular weight excluding hydrogens is 330 g/mol. The Bertz CT molecular complexity index is 958.